The van der Waals surface area contributed by atoms with Crippen LogP contribution in [0.3, 0.4) is 0 Å². The largest absolute Gasteiger partial charge is 0.479 e. The van der Waals surface area contributed by atoms with Crippen LogP contribution in [0.2, 0.25) is 0 Å². The van der Waals surface area contributed by atoms with Crippen molar-refractivity contribution >= 4 is 11.6 Å². The number of hydrogen-bond donors (Lipinski definition) is 1. The maximum Gasteiger partial charge on any atom is 0.227 e. The summed E-state index contributed by atoms with van der Waals surface area (Å²) in [7, 11) is 0. The molecule has 0 radical (unpaired) electrons. The average Bonchev–Trinajstić information content (AvgIpc) is 3.04. The molecule has 4 heteroatoms. The van der Waals surface area contributed by atoms with Crippen LogP contribution in [0.25, 0.3) is 0 Å². The Balaban J connectivity index is 1.54. The fraction of sp³-hybridized carbons (Fsp3) is 0.467. The third-order valence-electron chi connectivity index (χ3n) is 4.04. The minimum absolute atomic E-state index is 0.0383. The van der Waals surface area contributed by atoms with Crippen LogP contribution in [0.15, 0.2) is 24.3 Å². The van der Waals surface area contributed by atoms with Crippen molar-refractivity contribution in [3.05, 3.63) is 24.3 Å². The number of ether oxygens (including phenoxy) is 1. The Kier molecular flexibility index (Phi) is 3.12. The number of nitriles is 1. The molecule has 0 heterocycles. The number of nitrogens with zero attached hydrogens (tertiary/aromatic N) is 1. The lowest BCUT2D eigenvalue weighted by Crippen LogP contribution is -2.21. The van der Waals surface area contributed by atoms with Gasteiger partial charge < -0.3 is 10.1 Å². The molecule has 0 saturated heterocycles. The lowest BCUT2D eigenvalue weighted by Gasteiger charge is -2.12. The van der Waals surface area contributed by atoms with E-state index in [2.05, 4.69) is 5.32 Å². The predicted molar refractivity (Wildman–Crippen MR) is 70.5 cm³/mol. The molecule has 4 nitrogen and oxygen atoms in total. The molecular formula is C15H16N2O2. The van der Waals surface area contributed by atoms with Gasteiger partial charge in [-0.25, -0.2) is 0 Å². The second kappa shape index (κ2) is 4.93. The van der Waals surface area contributed by atoms with E-state index in [0.29, 0.717) is 5.75 Å². The van der Waals surface area contributed by atoms with Crippen LogP contribution in [0.4, 0.5) is 5.69 Å². The molecule has 2 aliphatic rings. The molecule has 1 N–H and O–H groups in total. The number of carbonyl (C=O) groups excluding carboxylic acids is 1. The summed E-state index contributed by atoms with van der Waals surface area (Å²) >= 11 is 0. The zero-order valence-corrected chi connectivity index (χ0v) is 10.6. The fourth-order valence-corrected chi connectivity index (χ4v) is 2.92. The number of nitrogens with one attached hydrogen (secondary N) is 1. The van der Waals surface area contributed by atoms with Crippen LogP contribution in [0.1, 0.15) is 19.3 Å². The quantitative estimate of drug-likeness (QED) is 0.900. The summed E-state index contributed by atoms with van der Waals surface area (Å²) in [5.74, 6) is 2.60. The Morgan fingerprint density at radius 1 is 1.26 bits per heavy atom. The number of hydrogen-bond acceptors (Lipinski definition) is 3. The van der Waals surface area contributed by atoms with Crippen LogP contribution >= 0.6 is 0 Å². The second-order valence-corrected chi connectivity index (χ2v) is 5.38. The number of rotatable bonds is 4. The molecule has 1 aromatic carbocycles. The highest BCUT2D eigenvalue weighted by atomic mass is 16.5. The minimum Gasteiger partial charge on any atom is -0.479 e. The van der Waals surface area contributed by atoms with Crippen molar-refractivity contribution in [2.24, 2.45) is 17.8 Å². The average molecular weight is 256 g/mol. The van der Waals surface area contributed by atoms with Gasteiger partial charge in [0.05, 0.1) is 0 Å². The van der Waals surface area contributed by atoms with E-state index >= 15 is 0 Å². The molecule has 0 aromatic heterocycles. The van der Waals surface area contributed by atoms with Gasteiger partial charge in [-0.2, -0.15) is 5.26 Å². The van der Waals surface area contributed by atoms with E-state index < -0.39 is 0 Å². The zero-order valence-electron chi connectivity index (χ0n) is 10.6. The summed E-state index contributed by atoms with van der Waals surface area (Å²) in [5, 5.41) is 11.4. The Hall–Kier alpha value is -2.02. The maximum atomic E-state index is 12.1. The smallest absolute Gasteiger partial charge is 0.227 e. The Morgan fingerprint density at radius 3 is 2.58 bits per heavy atom. The van der Waals surface area contributed by atoms with Gasteiger partial charge in [0.2, 0.25) is 5.91 Å². The van der Waals surface area contributed by atoms with E-state index in [0.717, 1.165) is 30.4 Å². The van der Waals surface area contributed by atoms with E-state index in [1.54, 1.807) is 24.3 Å². The van der Waals surface area contributed by atoms with Crippen LogP contribution in [-0.2, 0) is 4.79 Å². The van der Waals surface area contributed by atoms with Crippen molar-refractivity contribution in [2.75, 3.05) is 11.9 Å². The lowest BCUT2D eigenvalue weighted by atomic mass is 10.0. The molecule has 2 saturated carbocycles. The molecule has 1 aromatic rings. The van der Waals surface area contributed by atoms with Crippen molar-refractivity contribution < 1.29 is 9.53 Å². The lowest BCUT2D eigenvalue weighted by molar-refractivity contribution is -0.120. The molecular weight excluding hydrogens is 240 g/mol. The molecule has 3 rings (SSSR count). The monoisotopic (exact) mass is 256 g/mol. The molecule has 2 atom stereocenters. The summed E-state index contributed by atoms with van der Waals surface area (Å²) < 4.78 is 5.16. The van der Waals surface area contributed by atoms with Crippen molar-refractivity contribution in [3.63, 3.8) is 0 Å². The van der Waals surface area contributed by atoms with E-state index in [9.17, 15) is 4.79 Å². The molecule has 19 heavy (non-hydrogen) atoms. The third kappa shape index (κ3) is 2.70. The highest BCUT2D eigenvalue weighted by molar-refractivity contribution is 5.92. The number of fused-ring (bicyclic) bond motifs is 1. The first-order valence-electron chi connectivity index (χ1n) is 6.67. The van der Waals surface area contributed by atoms with Gasteiger partial charge in [-0.05, 0) is 55.4 Å². The van der Waals surface area contributed by atoms with E-state index in [-0.39, 0.29) is 18.4 Å². The van der Waals surface area contributed by atoms with Gasteiger partial charge >= 0.3 is 0 Å². The number of anilines is 1. The van der Waals surface area contributed by atoms with Crippen LogP contribution in [0, 0.1) is 29.1 Å². The summed E-state index contributed by atoms with van der Waals surface area (Å²) in [6, 6.07) is 9.05. The molecule has 0 bridgehead atoms. The summed E-state index contributed by atoms with van der Waals surface area (Å²) in [5.41, 5.74) is 0.787. The molecule has 2 aliphatic carbocycles. The van der Waals surface area contributed by atoms with Crippen LogP contribution < -0.4 is 10.1 Å². The van der Waals surface area contributed by atoms with Gasteiger partial charge in [0.25, 0.3) is 0 Å². The van der Waals surface area contributed by atoms with Gasteiger partial charge in [0.1, 0.15) is 11.8 Å². The number of benzene rings is 1. The summed E-state index contributed by atoms with van der Waals surface area (Å²) in [4.78, 5) is 12.1. The molecule has 0 aliphatic heterocycles. The molecule has 0 spiro atoms. The van der Waals surface area contributed by atoms with Crippen molar-refractivity contribution in [1.29, 1.82) is 5.26 Å². The summed E-state index contributed by atoms with van der Waals surface area (Å²) in [6.07, 6.45) is 3.44. The third-order valence-corrected chi connectivity index (χ3v) is 4.04. The molecule has 98 valence electrons. The van der Waals surface area contributed by atoms with Crippen LogP contribution in [-0.4, -0.2) is 12.5 Å². The van der Waals surface area contributed by atoms with Gasteiger partial charge in [0, 0.05) is 11.6 Å². The normalized spacial score (nSPS) is 27.2. The second-order valence-electron chi connectivity index (χ2n) is 5.38. The first kappa shape index (κ1) is 12.0. The van der Waals surface area contributed by atoms with E-state index in [1.165, 1.54) is 6.42 Å². The molecule has 1 amide bonds. The van der Waals surface area contributed by atoms with E-state index in [1.807, 2.05) is 6.07 Å². The van der Waals surface area contributed by atoms with E-state index in [4.69, 9.17) is 10.00 Å². The standard InChI is InChI=1S/C15H16N2O2/c16-5-6-19-14-3-1-13(2-4-14)17-15(18)12-8-10-7-11(10)9-12/h1-4,10-12H,6-9H2,(H,17,18). The summed E-state index contributed by atoms with van der Waals surface area (Å²) in [6.45, 7) is 0.0383. The highest BCUT2D eigenvalue weighted by Gasteiger charge is 2.47. The van der Waals surface area contributed by atoms with Gasteiger partial charge in [-0.15, -0.1) is 0 Å². The van der Waals surface area contributed by atoms with Gasteiger partial charge in [-0.1, -0.05) is 0 Å². The Labute approximate surface area is 112 Å². The first-order valence-corrected chi connectivity index (χ1v) is 6.67. The number of carbonyl (C=O) groups is 1. The predicted octanol–water partition coefficient (Wildman–Crippen LogP) is 2.57. The molecule has 2 fully saturated rings. The van der Waals surface area contributed by atoms with Gasteiger partial charge in [-0.3, -0.25) is 4.79 Å². The highest BCUT2D eigenvalue weighted by Crippen LogP contribution is 2.54. The topological polar surface area (TPSA) is 62.1 Å². The van der Waals surface area contributed by atoms with Crippen molar-refractivity contribution in [1.82, 2.24) is 0 Å². The Morgan fingerprint density at radius 2 is 1.95 bits per heavy atom. The van der Waals surface area contributed by atoms with Crippen molar-refractivity contribution in [2.45, 2.75) is 19.3 Å². The van der Waals surface area contributed by atoms with Crippen LogP contribution in [0.5, 0.6) is 5.75 Å². The van der Waals surface area contributed by atoms with Crippen molar-refractivity contribution in [3.8, 4) is 11.8 Å². The minimum atomic E-state index is 0.0383. The maximum absolute atomic E-state index is 12.1. The molecule has 2 unspecified atom stereocenters. The SMILES string of the molecule is N#CCOc1ccc(NC(=O)C2CC3CC3C2)cc1. The van der Waals surface area contributed by atoms with Gasteiger partial charge in [0.15, 0.2) is 6.61 Å². The Bertz CT molecular complexity index is 508. The zero-order chi connectivity index (χ0) is 13.2. The first-order chi connectivity index (χ1) is 9.26. The fourth-order valence-electron chi connectivity index (χ4n) is 2.92. The number of amides is 1.